The Labute approximate surface area is 144 Å². The number of nitrogens with zero attached hydrogens (tertiary/aromatic N) is 3. The van der Waals surface area contributed by atoms with Crippen LogP contribution in [0.15, 0.2) is 42.9 Å². The van der Waals surface area contributed by atoms with E-state index in [1.54, 1.807) is 30.7 Å². The van der Waals surface area contributed by atoms with Crippen LogP contribution >= 0.6 is 0 Å². The Hall–Kier alpha value is -1.95. The van der Waals surface area contributed by atoms with Crippen LogP contribution < -0.4 is 0 Å². The summed E-state index contributed by atoms with van der Waals surface area (Å²) in [7, 11) is 0. The predicted octanol–water partition coefficient (Wildman–Crippen LogP) is 4.12. The molecule has 132 valence electrons. The number of fused-ring (bicyclic) bond motifs is 1. The summed E-state index contributed by atoms with van der Waals surface area (Å²) in [6.07, 6.45) is 2.54. The van der Waals surface area contributed by atoms with Crippen LogP contribution in [0.5, 0.6) is 0 Å². The first-order chi connectivity index (χ1) is 12.0. The van der Waals surface area contributed by atoms with E-state index in [0.29, 0.717) is 17.4 Å². The van der Waals surface area contributed by atoms with Crippen LogP contribution in [-0.2, 0) is 12.7 Å². The van der Waals surface area contributed by atoms with Gasteiger partial charge < -0.3 is 0 Å². The minimum absolute atomic E-state index is 0.0199. The summed E-state index contributed by atoms with van der Waals surface area (Å²) in [4.78, 5) is 10.7. The van der Waals surface area contributed by atoms with Gasteiger partial charge in [0.15, 0.2) is 0 Å². The second kappa shape index (κ2) is 6.41. The summed E-state index contributed by atoms with van der Waals surface area (Å²) in [5.41, 5.74) is 0.961. The first-order valence-electron chi connectivity index (χ1n) is 8.64. The third-order valence-corrected chi connectivity index (χ3v) is 5.53. The first kappa shape index (κ1) is 16.5. The number of likely N-dealkylation sites (tertiary alicyclic amines) is 1. The van der Waals surface area contributed by atoms with Gasteiger partial charge in [0.2, 0.25) is 0 Å². The molecule has 1 saturated carbocycles. The number of rotatable bonds is 3. The van der Waals surface area contributed by atoms with Crippen LogP contribution in [0.3, 0.4) is 0 Å². The summed E-state index contributed by atoms with van der Waals surface area (Å²) in [6, 6.07) is 6.07. The smallest absolute Gasteiger partial charge is 0.297 e. The van der Waals surface area contributed by atoms with Gasteiger partial charge in [0, 0.05) is 38.2 Å². The molecule has 2 heterocycles. The third-order valence-electron chi connectivity index (χ3n) is 5.53. The van der Waals surface area contributed by atoms with E-state index in [-0.39, 0.29) is 5.92 Å². The molecule has 25 heavy (non-hydrogen) atoms. The fourth-order valence-corrected chi connectivity index (χ4v) is 4.53. The normalized spacial score (nSPS) is 26.8. The SMILES string of the molecule is FC(F)(F)c1ccccc1C1C[C@@H]2CN(Cc3cnccn3)C[C@@H]2C1. The maximum Gasteiger partial charge on any atom is 0.416 e. The van der Waals surface area contributed by atoms with Crippen molar-refractivity contribution in [3.05, 3.63) is 59.7 Å². The molecule has 2 fully saturated rings. The Morgan fingerprint density at radius 2 is 1.76 bits per heavy atom. The highest BCUT2D eigenvalue weighted by molar-refractivity contribution is 5.34. The van der Waals surface area contributed by atoms with Crippen LogP contribution in [0.1, 0.15) is 35.6 Å². The van der Waals surface area contributed by atoms with Crippen LogP contribution in [0.2, 0.25) is 0 Å². The van der Waals surface area contributed by atoms with Gasteiger partial charge in [-0.15, -0.1) is 0 Å². The van der Waals surface area contributed by atoms with Gasteiger partial charge in [-0.3, -0.25) is 14.9 Å². The van der Waals surface area contributed by atoms with Crippen molar-refractivity contribution in [3.8, 4) is 0 Å². The molecule has 1 aliphatic carbocycles. The molecule has 1 saturated heterocycles. The zero-order valence-electron chi connectivity index (χ0n) is 13.8. The molecular formula is C19H20F3N3. The minimum Gasteiger partial charge on any atom is -0.297 e. The second-order valence-electron chi connectivity index (χ2n) is 7.16. The molecule has 0 N–H and O–H groups in total. The van der Waals surface area contributed by atoms with E-state index in [1.165, 1.54) is 12.1 Å². The summed E-state index contributed by atoms with van der Waals surface area (Å²) >= 11 is 0. The Bertz CT molecular complexity index is 718. The molecule has 4 rings (SSSR count). The number of aromatic nitrogens is 2. The topological polar surface area (TPSA) is 29.0 Å². The number of benzene rings is 1. The quantitative estimate of drug-likeness (QED) is 0.836. The Morgan fingerprint density at radius 3 is 2.40 bits per heavy atom. The second-order valence-corrected chi connectivity index (χ2v) is 7.16. The molecule has 3 nitrogen and oxygen atoms in total. The number of hydrogen-bond donors (Lipinski definition) is 0. The minimum atomic E-state index is -4.27. The van der Waals surface area contributed by atoms with Crippen molar-refractivity contribution in [2.24, 2.45) is 11.8 Å². The van der Waals surface area contributed by atoms with Crippen molar-refractivity contribution in [1.82, 2.24) is 14.9 Å². The van der Waals surface area contributed by atoms with E-state index in [2.05, 4.69) is 14.9 Å². The van der Waals surface area contributed by atoms with Gasteiger partial charge in [0.25, 0.3) is 0 Å². The lowest BCUT2D eigenvalue weighted by atomic mass is 9.91. The van der Waals surface area contributed by atoms with Crippen LogP contribution in [0, 0.1) is 11.8 Å². The summed E-state index contributed by atoms with van der Waals surface area (Å²) in [5, 5.41) is 0. The number of halogens is 3. The summed E-state index contributed by atoms with van der Waals surface area (Å²) < 4.78 is 39.8. The molecule has 2 aliphatic rings. The molecule has 1 aliphatic heterocycles. The molecule has 0 spiro atoms. The van der Waals surface area contributed by atoms with Gasteiger partial charge in [-0.25, -0.2) is 0 Å². The van der Waals surface area contributed by atoms with Crippen molar-refractivity contribution in [3.63, 3.8) is 0 Å². The van der Waals surface area contributed by atoms with Crippen LogP contribution in [0.25, 0.3) is 0 Å². The van der Waals surface area contributed by atoms with Gasteiger partial charge in [0.05, 0.1) is 11.3 Å². The highest BCUT2D eigenvalue weighted by atomic mass is 19.4. The van der Waals surface area contributed by atoms with E-state index in [0.717, 1.165) is 38.2 Å². The molecule has 0 radical (unpaired) electrons. The monoisotopic (exact) mass is 347 g/mol. The van der Waals surface area contributed by atoms with Crippen molar-refractivity contribution in [1.29, 1.82) is 0 Å². The lowest BCUT2D eigenvalue weighted by Gasteiger charge is -2.21. The molecule has 1 unspecified atom stereocenters. The van der Waals surface area contributed by atoms with Gasteiger partial charge in [-0.2, -0.15) is 13.2 Å². The van der Waals surface area contributed by atoms with Gasteiger partial charge in [-0.05, 0) is 42.2 Å². The lowest BCUT2D eigenvalue weighted by molar-refractivity contribution is -0.138. The molecule has 3 atom stereocenters. The van der Waals surface area contributed by atoms with Crippen molar-refractivity contribution in [2.45, 2.75) is 31.5 Å². The van der Waals surface area contributed by atoms with Crippen molar-refractivity contribution in [2.75, 3.05) is 13.1 Å². The van der Waals surface area contributed by atoms with E-state index >= 15 is 0 Å². The largest absolute Gasteiger partial charge is 0.416 e. The van der Waals surface area contributed by atoms with E-state index in [1.807, 2.05) is 0 Å². The Balaban J connectivity index is 1.43. The zero-order valence-corrected chi connectivity index (χ0v) is 13.8. The predicted molar refractivity (Wildman–Crippen MR) is 87.7 cm³/mol. The highest BCUT2D eigenvalue weighted by Gasteiger charge is 2.43. The van der Waals surface area contributed by atoms with Crippen molar-refractivity contribution >= 4 is 0 Å². The first-order valence-corrected chi connectivity index (χ1v) is 8.64. The van der Waals surface area contributed by atoms with E-state index in [9.17, 15) is 13.2 Å². The van der Waals surface area contributed by atoms with Crippen LogP contribution in [0.4, 0.5) is 13.2 Å². The molecule has 1 aromatic carbocycles. The number of alkyl halides is 3. The third kappa shape index (κ3) is 3.40. The average molecular weight is 347 g/mol. The van der Waals surface area contributed by atoms with Crippen molar-refractivity contribution < 1.29 is 13.2 Å². The zero-order chi connectivity index (χ0) is 17.4. The van der Waals surface area contributed by atoms with E-state index < -0.39 is 11.7 Å². The van der Waals surface area contributed by atoms with Gasteiger partial charge in [0.1, 0.15) is 0 Å². The molecule has 1 aromatic heterocycles. The maximum atomic E-state index is 13.3. The van der Waals surface area contributed by atoms with Crippen LogP contribution in [-0.4, -0.2) is 28.0 Å². The fraction of sp³-hybridized carbons (Fsp3) is 0.474. The standard InChI is InChI=1S/C19H20F3N3/c20-19(21,22)18-4-2-1-3-17(18)13-7-14-10-25(11-15(14)8-13)12-16-9-23-5-6-24-16/h1-6,9,13-15H,7-8,10-12H2/t13?,14-,15+. The molecule has 6 heteroatoms. The van der Waals surface area contributed by atoms with Gasteiger partial charge in [-0.1, -0.05) is 18.2 Å². The maximum absolute atomic E-state index is 13.3. The average Bonchev–Trinajstić information content (AvgIpc) is 3.13. The molecule has 0 bridgehead atoms. The molecular weight excluding hydrogens is 327 g/mol. The molecule has 2 aromatic rings. The Morgan fingerprint density at radius 1 is 1.04 bits per heavy atom. The lowest BCUT2D eigenvalue weighted by Crippen LogP contribution is -2.22. The van der Waals surface area contributed by atoms with Gasteiger partial charge >= 0.3 is 6.18 Å². The summed E-state index contributed by atoms with van der Waals surface area (Å²) in [5.74, 6) is 0.970. The molecule has 0 amide bonds. The Kier molecular flexibility index (Phi) is 4.23. The summed E-state index contributed by atoms with van der Waals surface area (Å²) in [6.45, 7) is 2.64. The van der Waals surface area contributed by atoms with E-state index in [4.69, 9.17) is 0 Å². The highest BCUT2D eigenvalue weighted by Crippen LogP contribution is 2.48. The number of hydrogen-bond acceptors (Lipinski definition) is 3. The fourth-order valence-electron chi connectivity index (χ4n) is 4.53.